The molecule has 41 heavy (non-hydrogen) atoms. The van der Waals surface area contributed by atoms with Crippen LogP contribution < -0.4 is 0 Å². The van der Waals surface area contributed by atoms with Gasteiger partial charge in [-0.2, -0.15) is 4.89 Å². The lowest BCUT2D eigenvalue weighted by Gasteiger charge is -2.36. The molecule has 4 rings (SSSR count). The van der Waals surface area contributed by atoms with E-state index in [1.165, 1.54) is 64.2 Å². The summed E-state index contributed by atoms with van der Waals surface area (Å²) in [5.41, 5.74) is 0. The summed E-state index contributed by atoms with van der Waals surface area (Å²) in [5, 5.41) is 19.8. The number of esters is 1. The number of ether oxygens (including phenoxy) is 1. The van der Waals surface area contributed by atoms with Crippen molar-refractivity contribution in [3.05, 3.63) is 0 Å². The maximum Gasteiger partial charge on any atom is 0.312 e. The Morgan fingerprint density at radius 2 is 1.20 bits per heavy atom. The van der Waals surface area contributed by atoms with Crippen LogP contribution >= 0.6 is 0 Å². The van der Waals surface area contributed by atoms with Crippen LogP contribution in [0.4, 0.5) is 0 Å². The van der Waals surface area contributed by atoms with Crippen LogP contribution in [0.2, 0.25) is 0 Å². The van der Waals surface area contributed by atoms with Crippen LogP contribution in [-0.4, -0.2) is 41.0 Å². The molecular weight excluding hydrogens is 524 g/mol. The van der Waals surface area contributed by atoms with Gasteiger partial charge in [0.2, 0.25) is 6.29 Å². The molecule has 0 spiro atoms. The lowest BCUT2D eigenvalue weighted by molar-refractivity contribution is -0.377. The van der Waals surface area contributed by atoms with Crippen LogP contribution in [0.1, 0.15) is 129 Å². The van der Waals surface area contributed by atoms with E-state index in [0.29, 0.717) is 43.4 Å². The standard InChI is InChI=1S/C33H54O8/c1-2-30(40-33(38)27-16-14-25(20-29(27)32(36)37)18-23-11-7-4-8-12-23)41-39-21-26-15-13-24(19-28(26)31(34)35)17-22-9-5-3-6-10-22/h22-30H,2-21H2,1H3,(H,34,35)(H,36,37). The maximum absolute atomic E-state index is 13.1. The normalized spacial score (nSPS) is 32.7. The van der Waals surface area contributed by atoms with E-state index in [0.717, 1.165) is 38.0 Å². The predicted octanol–water partition coefficient (Wildman–Crippen LogP) is 7.39. The van der Waals surface area contributed by atoms with E-state index < -0.39 is 42.0 Å². The Balaban J connectivity index is 1.21. The van der Waals surface area contributed by atoms with Gasteiger partial charge in [-0.1, -0.05) is 77.6 Å². The summed E-state index contributed by atoms with van der Waals surface area (Å²) in [6.45, 7) is 1.96. The van der Waals surface area contributed by atoms with Crippen LogP contribution in [0.25, 0.3) is 0 Å². The van der Waals surface area contributed by atoms with Crippen LogP contribution in [0, 0.1) is 47.3 Å². The number of hydrogen-bond donors (Lipinski definition) is 2. The Hall–Kier alpha value is -1.67. The smallest absolute Gasteiger partial charge is 0.312 e. The molecule has 0 aromatic heterocycles. The third-order valence-electron chi connectivity index (χ3n) is 10.8. The fraction of sp³-hybridized carbons (Fsp3) is 0.909. The fourth-order valence-corrected chi connectivity index (χ4v) is 8.44. The molecule has 0 radical (unpaired) electrons. The molecule has 0 bridgehead atoms. The highest BCUT2D eigenvalue weighted by Crippen LogP contribution is 2.42. The third kappa shape index (κ3) is 9.67. The highest BCUT2D eigenvalue weighted by atomic mass is 17.2. The maximum atomic E-state index is 13.1. The number of aliphatic carboxylic acids is 2. The second-order valence-corrected chi connectivity index (χ2v) is 13.7. The first-order valence-electron chi connectivity index (χ1n) is 16.8. The van der Waals surface area contributed by atoms with E-state index in [4.69, 9.17) is 14.5 Å². The van der Waals surface area contributed by atoms with Crippen LogP contribution in [-0.2, 0) is 28.9 Å². The molecule has 7 atom stereocenters. The first-order valence-corrected chi connectivity index (χ1v) is 16.8. The lowest BCUT2D eigenvalue weighted by atomic mass is 9.70. The zero-order valence-corrected chi connectivity index (χ0v) is 25.2. The van der Waals surface area contributed by atoms with Crippen molar-refractivity contribution in [2.24, 2.45) is 47.3 Å². The van der Waals surface area contributed by atoms with E-state index in [1.807, 2.05) is 6.92 Å². The van der Waals surface area contributed by atoms with Gasteiger partial charge in [0.05, 0.1) is 24.4 Å². The van der Waals surface area contributed by atoms with Crippen LogP contribution in [0.5, 0.6) is 0 Å². The van der Waals surface area contributed by atoms with Gasteiger partial charge >= 0.3 is 17.9 Å². The Morgan fingerprint density at radius 3 is 1.73 bits per heavy atom. The van der Waals surface area contributed by atoms with Crippen molar-refractivity contribution in [2.45, 2.75) is 135 Å². The van der Waals surface area contributed by atoms with Gasteiger partial charge in [0.15, 0.2) is 0 Å². The molecule has 0 aromatic rings. The molecule has 8 nitrogen and oxygen atoms in total. The predicted molar refractivity (Wildman–Crippen MR) is 154 cm³/mol. The van der Waals surface area contributed by atoms with Crippen molar-refractivity contribution < 1.29 is 39.1 Å². The van der Waals surface area contributed by atoms with Crippen molar-refractivity contribution in [3.8, 4) is 0 Å². The lowest BCUT2D eigenvalue weighted by Crippen LogP contribution is -2.39. The summed E-state index contributed by atoms with van der Waals surface area (Å²) in [6.07, 6.45) is 18.8. The Kier molecular flexibility index (Phi) is 12.8. The summed E-state index contributed by atoms with van der Waals surface area (Å²) in [4.78, 5) is 48.3. The average molecular weight is 579 g/mol. The highest BCUT2D eigenvalue weighted by Gasteiger charge is 2.42. The molecule has 0 aromatic carbocycles. The Bertz CT molecular complexity index is 833. The first-order chi connectivity index (χ1) is 19.8. The molecule has 0 heterocycles. The molecule has 0 saturated heterocycles. The molecular formula is C33H54O8. The second-order valence-electron chi connectivity index (χ2n) is 13.7. The summed E-state index contributed by atoms with van der Waals surface area (Å²) >= 11 is 0. The molecule has 4 aliphatic carbocycles. The highest BCUT2D eigenvalue weighted by molar-refractivity contribution is 5.81. The summed E-state index contributed by atoms with van der Waals surface area (Å²) in [5.74, 6) is -1.99. The Morgan fingerprint density at radius 1 is 0.659 bits per heavy atom. The van der Waals surface area contributed by atoms with Gasteiger partial charge in [-0.25, -0.2) is 4.89 Å². The minimum Gasteiger partial charge on any atom is -0.481 e. The third-order valence-corrected chi connectivity index (χ3v) is 10.8. The first kappa shape index (κ1) is 32.2. The van der Waals surface area contributed by atoms with Crippen LogP contribution in [0.15, 0.2) is 0 Å². The second kappa shape index (κ2) is 16.3. The summed E-state index contributed by atoms with van der Waals surface area (Å²) < 4.78 is 5.60. The van der Waals surface area contributed by atoms with E-state index in [9.17, 15) is 24.6 Å². The van der Waals surface area contributed by atoms with Gasteiger partial charge < -0.3 is 14.9 Å². The van der Waals surface area contributed by atoms with Gasteiger partial charge in [-0.05, 0) is 74.5 Å². The van der Waals surface area contributed by atoms with E-state index in [1.54, 1.807) is 0 Å². The minimum absolute atomic E-state index is 0.140. The largest absolute Gasteiger partial charge is 0.481 e. The minimum atomic E-state index is -0.942. The van der Waals surface area contributed by atoms with Gasteiger partial charge in [-0.15, -0.1) is 0 Å². The number of carboxylic acid groups (broad SMARTS) is 2. The van der Waals surface area contributed by atoms with Gasteiger partial charge in [0.1, 0.15) is 0 Å². The molecule has 7 unspecified atom stereocenters. The number of hydrogen-bond acceptors (Lipinski definition) is 6. The molecule has 0 aliphatic heterocycles. The average Bonchev–Trinajstić information content (AvgIpc) is 2.98. The number of carboxylic acids is 2. The van der Waals surface area contributed by atoms with Crippen molar-refractivity contribution in [3.63, 3.8) is 0 Å². The molecule has 4 aliphatic rings. The van der Waals surface area contributed by atoms with E-state index in [-0.39, 0.29) is 12.5 Å². The number of carbonyl (C=O) groups excluding carboxylic acids is 1. The molecule has 4 fully saturated rings. The zero-order chi connectivity index (χ0) is 29.2. The van der Waals surface area contributed by atoms with Crippen molar-refractivity contribution in [2.75, 3.05) is 6.61 Å². The fourth-order valence-electron chi connectivity index (χ4n) is 8.44. The van der Waals surface area contributed by atoms with Gasteiger partial charge in [-0.3, -0.25) is 14.4 Å². The molecule has 8 heteroatoms. The topological polar surface area (TPSA) is 119 Å². The number of carbonyl (C=O) groups is 3. The van der Waals surface area contributed by atoms with Crippen molar-refractivity contribution >= 4 is 17.9 Å². The van der Waals surface area contributed by atoms with Gasteiger partial charge in [0, 0.05) is 6.42 Å². The van der Waals surface area contributed by atoms with Gasteiger partial charge in [0.25, 0.3) is 0 Å². The van der Waals surface area contributed by atoms with Crippen molar-refractivity contribution in [1.82, 2.24) is 0 Å². The van der Waals surface area contributed by atoms with E-state index >= 15 is 0 Å². The SMILES string of the molecule is CCC(OOCC1CCC(CC2CCCCC2)CC1C(=O)O)OC(=O)C1CCC(CC2CCCCC2)CC1C(=O)O. The zero-order valence-electron chi connectivity index (χ0n) is 25.2. The Labute approximate surface area is 246 Å². The number of rotatable bonds is 13. The summed E-state index contributed by atoms with van der Waals surface area (Å²) in [7, 11) is 0. The quantitative estimate of drug-likeness (QED) is 0.100. The monoisotopic (exact) mass is 578 g/mol. The molecule has 4 saturated carbocycles. The molecule has 0 amide bonds. The van der Waals surface area contributed by atoms with Crippen molar-refractivity contribution in [1.29, 1.82) is 0 Å². The van der Waals surface area contributed by atoms with Crippen LogP contribution in [0.3, 0.4) is 0 Å². The van der Waals surface area contributed by atoms with E-state index in [2.05, 4.69) is 0 Å². The summed E-state index contributed by atoms with van der Waals surface area (Å²) in [6, 6.07) is 0. The molecule has 234 valence electrons. The molecule has 2 N–H and O–H groups in total.